The molecule has 2 aliphatic rings. The minimum atomic E-state index is -0.0832. The Balaban J connectivity index is 2.21. The van der Waals surface area contributed by atoms with Gasteiger partial charge in [-0.3, -0.25) is 9.59 Å². The van der Waals surface area contributed by atoms with Crippen molar-refractivity contribution in [2.75, 3.05) is 0 Å². The van der Waals surface area contributed by atoms with Gasteiger partial charge in [-0.05, 0) is 24.3 Å². The SMILES string of the molecule is C[C@H]1C[C@@H]2OC(=O)[C@H](C)[C@H]2CC=C1C=O. The highest BCUT2D eigenvalue weighted by molar-refractivity contribution is 5.76. The van der Waals surface area contributed by atoms with Crippen molar-refractivity contribution in [2.45, 2.75) is 32.8 Å². The molecule has 82 valence electrons. The lowest BCUT2D eigenvalue weighted by Crippen LogP contribution is -2.19. The first-order chi connectivity index (χ1) is 7.13. The lowest BCUT2D eigenvalue weighted by molar-refractivity contribution is -0.144. The maximum atomic E-state index is 11.4. The van der Waals surface area contributed by atoms with Crippen molar-refractivity contribution in [3.63, 3.8) is 0 Å². The topological polar surface area (TPSA) is 43.4 Å². The van der Waals surface area contributed by atoms with Crippen molar-refractivity contribution in [2.24, 2.45) is 17.8 Å². The van der Waals surface area contributed by atoms with Gasteiger partial charge in [0, 0.05) is 5.92 Å². The van der Waals surface area contributed by atoms with Gasteiger partial charge in [-0.15, -0.1) is 0 Å². The van der Waals surface area contributed by atoms with Crippen LogP contribution in [0.5, 0.6) is 0 Å². The fraction of sp³-hybridized carbons (Fsp3) is 0.667. The Kier molecular flexibility index (Phi) is 2.63. The second-order valence-corrected chi connectivity index (χ2v) is 4.62. The Hall–Kier alpha value is -1.12. The Labute approximate surface area is 89.5 Å². The van der Waals surface area contributed by atoms with E-state index in [2.05, 4.69) is 0 Å². The summed E-state index contributed by atoms with van der Waals surface area (Å²) >= 11 is 0. The Morgan fingerprint density at radius 1 is 1.47 bits per heavy atom. The van der Waals surface area contributed by atoms with E-state index in [1.807, 2.05) is 19.9 Å². The van der Waals surface area contributed by atoms with E-state index in [-0.39, 0.29) is 29.8 Å². The van der Waals surface area contributed by atoms with Gasteiger partial charge in [-0.25, -0.2) is 0 Å². The van der Waals surface area contributed by atoms with Crippen LogP contribution >= 0.6 is 0 Å². The third-order valence-electron chi connectivity index (χ3n) is 3.68. The predicted octanol–water partition coefficient (Wildman–Crippen LogP) is 1.72. The van der Waals surface area contributed by atoms with Crippen LogP contribution in [0.2, 0.25) is 0 Å². The summed E-state index contributed by atoms with van der Waals surface area (Å²) in [6.07, 6.45) is 4.48. The molecule has 0 spiro atoms. The number of hydrogen-bond acceptors (Lipinski definition) is 3. The van der Waals surface area contributed by atoms with Crippen LogP contribution in [0.25, 0.3) is 0 Å². The normalized spacial score (nSPS) is 40.1. The molecule has 0 unspecified atom stereocenters. The molecule has 1 heterocycles. The van der Waals surface area contributed by atoms with Crippen LogP contribution in [0, 0.1) is 17.8 Å². The molecule has 0 N–H and O–H groups in total. The summed E-state index contributed by atoms with van der Waals surface area (Å²) in [5.74, 6) is 0.359. The number of rotatable bonds is 1. The summed E-state index contributed by atoms with van der Waals surface area (Å²) in [5.41, 5.74) is 0.854. The number of allylic oxidation sites excluding steroid dienone is 2. The second-order valence-electron chi connectivity index (χ2n) is 4.62. The lowest BCUT2D eigenvalue weighted by atomic mass is 9.87. The van der Waals surface area contributed by atoms with Crippen molar-refractivity contribution in [1.29, 1.82) is 0 Å². The van der Waals surface area contributed by atoms with Crippen molar-refractivity contribution in [3.8, 4) is 0 Å². The molecular formula is C12H16O3. The zero-order valence-corrected chi connectivity index (χ0v) is 9.10. The molecule has 0 aromatic rings. The van der Waals surface area contributed by atoms with Gasteiger partial charge in [-0.1, -0.05) is 19.9 Å². The highest BCUT2D eigenvalue weighted by atomic mass is 16.6. The first-order valence-corrected chi connectivity index (χ1v) is 5.49. The van der Waals surface area contributed by atoms with Crippen LogP contribution in [0.3, 0.4) is 0 Å². The quantitative estimate of drug-likeness (QED) is 0.487. The van der Waals surface area contributed by atoms with Gasteiger partial charge in [0.15, 0.2) is 0 Å². The first-order valence-electron chi connectivity index (χ1n) is 5.49. The summed E-state index contributed by atoms with van der Waals surface area (Å²) in [4.78, 5) is 22.2. The van der Waals surface area contributed by atoms with E-state index >= 15 is 0 Å². The van der Waals surface area contributed by atoms with Crippen LogP contribution < -0.4 is 0 Å². The van der Waals surface area contributed by atoms with Gasteiger partial charge >= 0.3 is 5.97 Å². The Morgan fingerprint density at radius 3 is 2.87 bits per heavy atom. The molecular weight excluding hydrogens is 192 g/mol. The van der Waals surface area contributed by atoms with E-state index in [0.29, 0.717) is 0 Å². The fourth-order valence-electron chi connectivity index (χ4n) is 2.54. The minimum Gasteiger partial charge on any atom is -0.462 e. The second kappa shape index (κ2) is 3.80. The summed E-state index contributed by atoms with van der Waals surface area (Å²) in [5, 5.41) is 0. The van der Waals surface area contributed by atoms with E-state index in [9.17, 15) is 9.59 Å². The van der Waals surface area contributed by atoms with Gasteiger partial charge in [0.2, 0.25) is 0 Å². The largest absolute Gasteiger partial charge is 0.462 e. The number of ether oxygens (including phenoxy) is 1. The molecule has 0 aromatic heterocycles. The summed E-state index contributed by atoms with van der Waals surface area (Å²) in [7, 11) is 0. The molecule has 0 saturated carbocycles. The smallest absolute Gasteiger partial charge is 0.309 e. The predicted molar refractivity (Wildman–Crippen MR) is 55.1 cm³/mol. The van der Waals surface area contributed by atoms with E-state index in [1.54, 1.807) is 0 Å². The average molecular weight is 208 g/mol. The maximum absolute atomic E-state index is 11.4. The van der Waals surface area contributed by atoms with E-state index < -0.39 is 0 Å². The number of fused-ring (bicyclic) bond motifs is 1. The molecule has 1 aliphatic heterocycles. The number of carbonyl (C=O) groups excluding carboxylic acids is 2. The Morgan fingerprint density at radius 2 is 2.20 bits per heavy atom. The van der Waals surface area contributed by atoms with Gasteiger partial charge < -0.3 is 4.74 Å². The Bertz CT molecular complexity index is 319. The molecule has 15 heavy (non-hydrogen) atoms. The third kappa shape index (κ3) is 1.71. The van der Waals surface area contributed by atoms with Crippen LogP contribution in [-0.2, 0) is 14.3 Å². The molecule has 1 fully saturated rings. The molecule has 0 aromatic carbocycles. The van der Waals surface area contributed by atoms with E-state index in [0.717, 1.165) is 24.7 Å². The molecule has 0 bridgehead atoms. The fourth-order valence-corrected chi connectivity index (χ4v) is 2.54. The number of carbonyl (C=O) groups is 2. The van der Waals surface area contributed by atoms with Crippen LogP contribution in [0.1, 0.15) is 26.7 Å². The summed E-state index contributed by atoms with van der Waals surface area (Å²) < 4.78 is 5.33. The van der Waals surface area contributed by atoms with Crippen molar-refractivity contribution in [3.05, 3.63) is 11.6 Å². The molecule has 0 amide bonds. The summed E-state index contributed by atoms with van der Waals surface area (Å²) in [6.45, 7) is 3.93. The minimum absolute atomic E-state index is 0.0104. The van der Waals surface area contributed by atoms with Crippen LogP contribution in [-0.4, -0.2) is 18.4 Å². The van der Waals surface area contributed by atoms with E-state index in [4.69, 9.17) is 4.74 Å². The van der Waals surface area contributed by atoms with Crippen molar-refractivity contribution >= 4 is 12.3 Å². The van der Waals surface area contributed by atoms with Crippen molar-refractivity contribution < 1.29 is 14.3 Å². The zero-order chi connectivity index (χ0) is 11.0. The third-order valence-corrected chi connectivity index (χ3v) is 3.68. The monoisotopic (exact) mass is 208 g/mol. The number of aldehydes is 1. The molecule has 3 heteroatoms. The highest BCUT2D eigenvalue weighted by Gasteiger charge is 2.42. The van der Waals surface area contributed by atoms with Gasteiger partial charge in [-0.2, -0.15) is 0 Å². The zero-order valence-electron chi connectivity index (χ0n) is 9.10. The average Bonchev–Trinajstić information content (AvgIpc) is 2.39. The highest BCUT2D eigenvalue weighted by Crippen LogP contribution is 2.38. The molecule has 2 rings (SSSR count). The first kappa shape index (κ1) is 10.4. The molecule has 1 saturated heterocycles. The number of esters is 1. The molecule has 1 aliphatic carbocycles. The number of hydrogen-bond donors (Lipinski definition) is 0. The summed E-state index contributed by atoms with van der Waals surface area (Å²) in [6, 6.07) is 0. The van der Waals surface area contributed by atoms with Gasteiger partial charge in [0.25, 0.3) is 0 Å². The lowest BCUT2D eigenvalue weighted by Gasteiger charge is -2.17. The van der Waals surface area contributed by atoms with Gasteiger partial charge in [0.1, 0.15) is 12.4 Å². The van der Waals surface area contributed by atoms with E-state index in [1.165, 1.54) is 0 Å². The van der Waals surface area contributed by atoms with Crippen LogP contribution in [0.4, 0.5) is 0 Å². The molecule has 4 atom stereocenters. The van der Waals surface area contributed by atoms with Crippen LogP contribution in [0.15, 0.2) is 11.6 Å². The molecule has 0 radical (unpaired) electrons. The van der Waals surface area contributed by atoms with Crippen molar-refractivity contribution in [1.82, 2.24) is 0 Å². The maximum Gasteiger partial charge on any atom is 0.309 e. The van der Waals surface area contributed by atoms with Gasteiger partial charge in [0.05, 0.1) is 5.92 Å². The standard InChI is InChI=1S/C12H16O3/c1-7-5-11-10(4-3-9(7)6-13)8(2)12(14)15-11/h3,6-8,10-11H,4-5H2,1-2H3/t7-,8+,10+,11-/m0/s1. The molecule has 3 nitrogen and oxygen atoms in total.